The molecule has 1 heterocycles. The van der Waals surface area contributed by atoms with E-state index in [1.807, 2.05) is 0 Å². The van der Waals surface area contributed by atoms with E-state index >= 15 is 0 Å². The van der Waals surface area contributed by atoms with Gasteiger partial charge in [-0.2, -0.15) is 0 Å². The summed E-state index contributed by atoms with van der Waals surface area (Å²) in [6.45, 7) is 7.67. The zero-order chi connectivity index (χ0) is 8.69. The molecule has 1 fully saturated rings. The molecule has 0 aliphatic carbocycles. The Morgan fingerprint density at radius 2 is 2.18 bits per heavy atom. The van der Waals surface area contributed by atoms with Gasteiger partial charge in [-0.15, -0.1) is 0 Å². The van der Waals surface area contributed by atoms with Crippen molar-refractivity contribution >= 4 is 0 Å². The second kappa shape index (κ2) is 6.58. The molecule has 2 N–H and O–H groups in total. The topological polar surface area (TPSA) is 35.5 Å². The van der Waals surface area contributed by atoms with Crippen LogP contribution in [0, 0.1) is 0 Å². The molecule has 1 rings (SSSR count). The van der Waals surface area contributed by atoms with E-state index in [2.05, 4.69) is 24.2 Å². The molecule has 0 aromatic carbocycles. The lowest BCUT2D eigenvalue weighted by Crippen LogP contribution is -2.47. The van der Waals surface area contributed by atoms with Crippen LogP contribution in [0.5, 0.6) is 0 Å². The zero-order valence-electron chi connectivity index (χ0n) is 7.80. The first kappa shape index (κ1) is 10.9. The summed E-state index contributed by atoms with van der Waals surface area (Å²) < 4.78 is 0. The Balaban J connectivity index is 0.000000292. The molecule has 1 atom stereocenters. The molecular formula is C8H20N2O. The van der Waals surface area contributed by atoms with Gasteiger partial charge in [-0.3, -0.25) is 0 Å². The number of hydrogen-bond donors (Lipinski definition) is 2. The van der Waals surface area contributed by atoms with E-state index in [0.717, 1.165) is 19.1 Å². The molecule has 68 valence electrons. The lowest BCUT2D eigenvalue weighted by Gasteiger charge is -2.29. The van der Waals surface area contributed by atoms with E-state index in [1.165, 1.54) is 6.54 Å². The first-order valence-corrected chi connectivity index (χ1v) is 4.24. The second-order valence-corrected chi connectivity index (χ2v) is 2.85. The summed E-state index contributed by atoms with van der Waals surface area (Å²) in [5, 5.41) is 10.9. The lowest BCUT2D eigenvalue weighted by molar-refractivity contribution is 0.215. The fraction of sp³-hybridized carbons (Fsp3) is 1.00. The van der Waals surface area contributed by atoms with Crippen molar-refractivity contribution < 1.29 is 5.11 Å². The van der Waals surface area contributed by atoms with Crippen LogP contribution in [-0.2, 0) is 0 Å². The number of likely N-dealkylation sites (N-methyl/N-ethyl adjacent to an activating group) is 1. The average Bonchev–Trinajstić information content (AvgIpc) is 1.97. The first-order valence-electron chi connectivity index (χ1n) is 4.24. The number of nitrogens with zero attached hydrogens (tertiary/aromatic N) is 1. The Morgan fingerprint density at radius 1 is 1.64 bits per heavy atom. The molecular weight excluding hydrogens is 140 g/mol. The van der Waals surface area contributed by atoms with E-state index < -0.39 is 0 Å². The average molecular weight is 160 g/mol. The summed E-state index contributed by atoms with van der Waals surface area (Å²) in [6.07, 6.45) is 0. The summed E-state index contributed by atoms with van der Waals surface area (Å²) in [7, 11) is 2.17. The number of piperazine rings is 1. The Bertz CT molecular complexity index is 78.2. The molecule has 0 saturated carbocycles. The van der Waals surface area contributed by atoms with Gasteiger partial charge in [-0.1, -0.05) is 0 Å². The fourth-order valence-electron chi connectivity index (χ4n) is 0.943. The van der Waals surface area contributed by atoms with Crippen molar-refractivity contribution in [3.8, 4) is 0 Å². The van der Waals surface area contributed by atoms with Gasteiger partial charge in [0.15, 0.2) is 0 Å². The minimum absolute atomic E-state index is 0.250. The van der Waals surface area contributed by atoms with Crippen molar-refractivity contribution in [3.63, 3.8) is 0 Å². The largest absolute Gasteiger partial charge is 0.397 e. The van der Waals surface area contributed by atoms with Crippen LogP contribution in [0.25, 0.3) is 0 Å². The molecule has 0 radical (unpaired) electrons. The van der Waals surface area contributed by atoms with Gasteiger partial charge in [-0.05, 0) is 20.9 Å². The van der Waals surface area contributed by atoms with Crippen molar-refractivity contribution in [1.29, 1.82) is 0 Å². The Labute approximate surface area is 69.4 Å². The van der Waals surface area contributed by atoms with Crippen LogP contribution in [0.3, 0.4) is 0 Å². The fourth-order valence-corrected chi connectivity index (χ4v) is 0.943. The molecule has 0 aromatic rings. The third kappa shape index (κ3) is 5.18. The van der Waals surface area contributed by atoms with Crippen LogP contribution in [0.2, 0.25) is 0 Å². The molecule has 0 aromatic heterocycles. The predicted molar refractivity (Wildman–Crippen MR) is 47.7 cm³/mol. The molecule has 1 aliphatic heterocycles. The number of hydrogen-bond acceptors (Lipinski definition) is 3. The molecule has 3 heteroatoms. The number of aliphatic hydroxyl groups excluding tert-OH is 1. The summed E-state index contributed by atoms with van der Waals surface area (Å²) >= 11 is 0. The van der Waals surface area contributed by atoms with Crippen molar-refractivity contribution in [2.75, 3.05) is 33.3 Å². The minimum Gasteiger partial charge on any atom is -0.397 e. The highest BCUT2D eigenvalue weighted by Crippen LogP contribution is 1.95. The monoisotopic (exact) mass is 160 g/mol. The summed E-state index contributed by atoms with van der Waals surface area (Å²) in [4.78, 5) is 2.37. The normalized spacial score (nSPS) is 25.6. The van der Waals surface area contributed by atoms with Crippen molar-refractivity contribution in [3.05, 3.63) is 0 Å². The van der Waals surface area contributed by atoms with E-state index in [9.17, 15) is 0 Å². The Kier molecular flexibility index (Phi) is 6.51. The zero-order valence-corrected chi connectivity index (χ0v) is 7.80. The highest BCUT2D eigenvalue weighted by Gasteiger charge is 2.11. The minimum atomic E-state index is 0.250. The third-order valence-electron chi connectivity index (χ3n) is 1.83. The number of nitrogens with one attached hydrogen (secondary N) is 1. The number of aliphatic hydroxyl groups is 1. The molecule has 1 saturated heterocycles. The number of rotatable bonds is 0. The summed E-state index contributed by atoms with van der Waals surface area (Å²) in [6, 6.07) is 0.726. The molecule has 3 nitrogen and oxygen atoms in total. The van der Waals surface area contributed by atoms with Crippen LogP contribution in [0.4, 0.5) is 0 Å². The molecule has 1 unspecified atom stereocenters. The van der Waals surface area contributed by atoms with Crippen molar-refractivity contribution in [1.82, 2.24) is 10.2 Å². The Morgan fingerprint density at radius 3 is 2.45 bits per heavy atom. The molecule has 1 aliphatic rings. The van der Waals surface area contributed by atoms with Gasteiger partial charge in [0.2, 0.25) is 0 Å². The van der Waals surface area contributed by atoms with Gasteiger partial charge in [0.25, 0.3) is 0 Å². The van der Waals surface area contributed by atoms with Crippen LogP contribution in [0.1, 0.15) is 13.8 Å². The highest BCUT2D eigenvalue weighted by molar-refractivity contribution is 4.71. The van der Waals surface area contributed by atoms with E-state index in [1.54, 1.807) is 6.92 Å². The van der Waals surface area contributed by atoms with Gasteiger partial charge < -0.3 is 15.3 Å². The summed E-state index contributed by atoms with van der Waals surface area (Å²) in [5.74, 6) is 0. The highest BCUT2D eigenvalue weighted by atomic mass is 16.2. The Hall–Kier alpha value is -0.120. The second-order valence-electron chi connectivity index (χ2n) is 2.85. The van der Waals surface area contributed by atoms with E-state index in [0.29, 0.717) is 0 Å². The third-order valence-corrected chi connectivity index (χ3v) is 1.83. The first-order chi connectivity index (χ1) is 5.22. The SMILES string of the molecule is CC1CNCCN1C.CCO. The molecule has 0 amide bonds. The summed E-state index contributed by atoms with van der Waals surface area (Å²) in [5.41, 5.74) is 0. The van der Waals surface area contributed by atoms with Gasteiger partial charge in [0, 0.05) is 32.3 Å². The molecule has 11 heavy (non-hydrogen) atoms. The molecule has 0 bridgehead atoms. The maximum Gasteiger partial charge on any atom is 0.0402 e. The predicted octanol–water partition coefficient (Wildman–Crippen LogP) is -0.0915. The smallest absolute Gasteiger partial charge is 0.0402 e. The van der Waals surface area contributed by atoms with E-state index in [4.69, 9.17) is 5.11 Å². The van der Waals surface area contributed by atoms with E-state index in [-0.39, 0.29) is 6.61 Å². The van der Waals surface area contributed by atoms with Gasteiger partial charge in [0.1, 0.15) is 0 Å². The molecule has 0 spiro atoms. The van der Waals surface area contributed by atoms with Crippen molar-refractivity contribution in [2.45, 2.75) is 19.9 Å². The van der Waals surface area contributed by atoms with Crippen LogP contribution >= 0.6 is 0 Å². The lowest BCUT2D eigenvalue weighted by atomic mass is 10.2. The van der Waals surface area contributed by atoms with Crippen LogP contribution in [0.15, 0.2) is 0 Å². The quantitative estimate of drug-likeness (QED) is 0.520. The van der Waals surface area contributed by atoms with Gasteiger partial charge in [0.05, 0.1) is 0 Å². The van der Waals surface area contributed by atoms with Gasteiger partial charge >= 0.3 is 0 Å². The van der Waals surface area contributed by atoms with Crippen LogP contribution < -0.4 is 5.32 Å². The van der Waals surface area contributed by atoms with Crippen LogP contribution in [-0.4, -0.2) is 49.3 Å². The van der Waals surface area contributed by atoms with Crippen molar-refractivity contribution in [2.24, 2.45) is 0 Å². The van der Waals surface area contributed by atoms with Gasteiger partial charge in [-0.25, -0.2) is 0 Å². The standard InChI is InChI=1S/C6H14N2.C2H6O/c1-6-5-7-3-4-8(6)2;1-2-3/h6-7H,3-5H2,1-2H3;3H,2H2,1H3. The maximum absolute atomic E-state index is 7.57. The maximum atomic E-state index is 7.57.